The summed E-state index contributed by atoms with van der Waals surface area (Å²) in [6, 6.07) is -0.778. The molecule has 0 bridgehead atoms. The third-order valence-electron chi connectivity index (χ3n) is 5.34. The predicted molar refractivity (Wildman–Crippen MR) is 106 cm³/mol. The van der Waals surface area contributed by atoms with Crippen LogP contribution in [0, 0.1) is 0 Å². The molecule has 0 saturated carbocycles. The molecule has 2 amide bonds. The quantitative estimate of drug-likeness (QED) is 0.474. The van der Waals surface area contributed by atoms with Crippen molar-refractivity contribution >= 4 is 35.5 Å². The molecule has 158 valence electrons. The van der Waals surface area contributed by atoms with Crippen LogP contribution in [0.4, 0.5) is 0 Å². The Kier molecular flexibility index (Phi) is 5.42. The highest BCUT2D eigenvalue weighted by Crippen LogP contribution is 2.41. The molecule has 4 rings (SSSR count). The fourth-order valence-corrected chi connectivity index (χ4v) is 5.27. The number of β-lactam (4-membered cyclic amide) rings is 1. The van der Waals surface area contributed by atoms with Crippen molar-refractivity contribution in [1.82, 2.24) is 10.2 Å². The van der Waals surface area contributed by atoms with E-state index in [-0.39, 0.29) is 24.6 Å². The van der Waals surface area contributed by atoms with Crippen LogP contribution in [-0.4, -0.2) is 57.5 Å². The van der Waals surface area contributed by atoms with E-state index in [1.54, 1.807) is 12.5 Å². The highest BCUT2D eigenvalue weighted by molar-refractivity contribution is 8.00. The molecular formula is C20H20N2O7S. The first-order valence-corrected chi connectivity index (χ1v) is 10.5. The average Bonchev–Trinajstić information content (AvgIpc) is 3.12. The molecule has 1 saturated heterocycles. The molecule has 2 atom stereocenters. The second-order valence-electron chi connectivity index (χ2n) is 7.27. The number of esters is 1. The van der Waals surface area contributed by atoms with Crippen molar-refractivity contribution in [3.8, 4) is 0 Å². The van der Waals surface area contributed by atoms with Crippen LogP contribution >= 0.6 is 11.8 Å². The molecule has 3 aliphatic heterocycles. The monoisotopic (exact) mass is 432 g/mol. The van der Waals surface area contributed by atoms with E-state index in [0.717, 1.165) is 29.6 Å². The van der Waals surface area contributed by atoms with Gasteiger partial charge in [0.2, 0.25) is 5.91 Å². The first-order valence-electron chi connectivity index (χ1n) is 9.43. The van der Waals surface area contributed by atoms with Crippen LogP contribution in [0.1, 0.15) is 26.2 Å². The number of nitrogens with one attached hydrogen (secondary N) is 1. The topological polar surface area (TPSA) is 122 Å². The van der Waals surface area contributed by atoms with Crippen molar-refractivity contribution in [1.29, 1.82) is 0 Å². The van der Waals surface area contributed by atoms with E-state index in [4.69, 9.17) is 9.47 Å². The number of allylic oxidation sites excluding steroid dienone is 3. The summed E-state index contributed by atoms with van der Waals surface area (Å²) in [4.78, 5) is 49.1. The van der Waals surface area contributed by atoms with Crippen molar-refractivity contribution in [3.05, 3.63) is 46.6 Å². The largest absolute Gasteiger partial charge is 0.477 e. The van der Waals surface area contributed by atoms with E-state index < -0.39 is 29.3 Å². The number of hydrogen-bond donors (Lipinski definition) is 2. The summed E-state index contributed by atoms with van der Waals surface area (Å²) in [5.74, 6) is -2.25. The van der Waals surface area contributed by atoms with Crippen LogP contribution < -0.4 is 5.32 Å². The Balaban J connectivity index is 1.43. The van der Waals surface area contributed by atoms with Gasteiger partial charge in [-0.2, -0.15) is 0 Å². The van der Waals surface area contributed by atoms with E-state index in [1.165, 1.54) is 23.6 Å². The number of amides is 2. The zero-order chi connectivity index (χ0) is 21.4. The zero-order valence-corrected chi connectivity index (χ0v) is 17.0. The van der Waals surface area contributed by atoms with Crippen LogP contribution in [0.5, 0.6) is 0 Å². The second kappa shape index (κ2) is 8.02. The number of nitrogens with zero attached hydrogens (tertiary/aromatic N) is 1. The van der Waals surface area contributed by atoms with Gasteiger partial charge in [-0.3, -0.25) is 19.3 Å². The molecule has 2 unspecified atom stereocenters. The molecule has 3 heterocycles. The van der Waals surface area contributed by atoms with Gasteiger partial charge < -0.3 is 19.9 Å². The number of carboxylic acid groups (broad SMARTS) is 1. The van der Waals surface area contributed by atoms with Gasteiger partial charge in [-0.1, -0.05) is 5.57 Å². The standard InChI is InChI=1S/C20H20N2O7S/c1-10(23)29-8-13-9-30-19-16(18(25)22(19)17(13)20(26)27)21-15(24)6-11-2-3-12-7-28-5-4-14(11)12/h4-5,7,16,19H,2-3,6,8-9H2,1H3,(H,21,24)(H,26,27). The summed E-state index contributed by atoms with van der Waals surface area (Å²) in [6.45, 7) is 1.05. The van der Waals surface area contributed by atoms with Gasteiger partial charge in [0.05, 0.1) is 12.5 Å². The van der Waals surface area contributed by atoms with Crippen LogP contribution in [0.3, 0.4) is 0 Å². The van der Waals surface area contributed by atoms with Gasteiger partial charge in [-0.15, -0.1) is 11.8 Å². The Morgan fingerprint density at radius 1 is 1.33 bits per heavy atom. The fourth-order valence-electron chi connectivity index (χ4n) is 3.94. The van der Waals surface area contributed by atoms with Gasteiger partial charge in [-0.25, -0.2) is 4.79 Å². The number of thioether (sulfide) groups is 1. The minimum Gasteiger partial charge on any atom is -0.477 e. The lowest BCUT2D eigenvalue weighted by molar-refractivity contribution is -0.151. The van der Waals surface area contributed by atoms with Crippen molar-refractivity contribution in [3.63, 3.8) is 0 Å². The van der Waals surface area contributed by atoms with E-state index in [9.17, 15) is 24.3 Å². The number of rotatable bonds is 6. The minimum atomic E-state index is -1.26. The molecule has 0 radical (unpaired) electrons. The van der Waals surface area contributed by atoms with E-state index >= 15 is 0 Å². The van der Waals surface area contributed by atoms with Crippen LogP contribution in [0.2, 0.25) is 0 Å². The molecule has 0 spiro atoms. The Bertz CT molecular complexity index is 962. The summed E-state index contributed by atoms with van der Waals surface area (Å²) < 4.78 is 10.1. The molecule has 1 fully saturated rings. The van der Waals surface area contributed by atoms with Crippen LogP contribution in [0.25, 0.3) is 0 Å². The third kappa shape index (κ3) is 3.62. The van der Waals surface area contributed by atoms with Crippen molar-refractivity contribution < 1.29 is 33.8 Å². The number of aliphatic carboxylic acids is 1. The first-order chi connectivity index (χ1) is 14.4. The van der Waals surface area contributed by atoms with Gasteiger partial charge in [0, 0.05) is 24.7 Å². The number of ether oxygens (including phenoxy) is 2. The highest BCUT2D eigenvalue weighted by atomic mass is 32.2. The summed E-state index contributed by atoms with van der Waals surface area (Å²) in [7, 11) is 0. The smallest absolute Gasteiger partial charge is 0.352 e. The summed E-state index contributed by atoms with van der Waals surface area (Å²) in [5, 5.41) is 11.8. The number of carbonyl (C=O) groups is 4. The summed E-state index contributed by atoms with van der Waals surface area (Å²) in [6.07, 6.45) is 6.84. The molecule has 4 aliphatic rings. The Labute approximate surface area is 176 Å². The fraction of sp³-hybridized carbons (Fsp3) is 0.400. The second-order valence-corrected chi connectivity index (χ2v) is 8.37. The molecule has 2 N–H and O–H groups in total. The Morgan fingerprint density at radius 3 is 2.87 bits per heavy atom. The molecule has 10 heteroatoms. The van der Waals surface area contributed by atoms with Gasteiger partial charge in [-0.05, 0) is 30.1 Å². The minimum absolute atomic E-state index is 0.168. The van der Waals surface area contributed by atoms with Crippen LogP contribution in [0.15, 0.2) is 46.6 Å². The zero-order valence-electron chi connectivity index (χ0n) is 16.2. The normalized spacial score (nSPS) is 24.5. The van der Waals surface area contributed by atoms with Crippen molar-refractivity contribution in [2.24, 2.45) is 0 Å². The summed E-state index contributed by atoms with van der Waals surface area (Å²) in [5.41, 5.74) is 3.26. The average molecular weight is 432 g/mol. The third-order valence-corrected chi connectivity index (χ3v) is 6.68. The molecule has 9 nitrogen and oxygen atoms in total. The van der Waals surface area contributed by atoms with Gasteiger partial charge >= 0.3 is 11.9 Å². The Morgan fingerprint density at radius 2 is 2.13 bits per heavy atom. The lowest BCUT2D eigenvalue weighted by Crippen LogP contribution is -2.70. The number of fused-ring (bicyclic) bond motifs is 2. The lowest BCUT2D eigenvalue weighted by Gasteiger charge is -2.49. The number of carboxylic acids is 1. The molecule has 0 aromatic rings. The molecule has 0 aromatic heterocycles. The highest BCUT2D eigenvalue weighted by Gasteiger charge is 2.54. The van der Waals surface area contributed by atoms with Crippen molar-refractivity contribution in [2.75, 3.05) is 12.4 Å². The van der Waals surface area contributed by atoms with Gasteiger partial charge in [0.1, 0.15) is 23.7 Å². The van der Waals surface area contributed by atoms with Gasteiger partial charge in [0.25, 0.3) is 5.91 Å². The van der Waals surface area contributed by atoms with Crippen LogP contribution in [-0.2, 0) is 28.7 Å². The SMILES string of the molecule is CC(=O)OCC1=C(C(=O)O)N2C(=O)C(NC(=O)CC3=C4C=COC=C4CC3)C2SC1. The first kappa shape index (κ1) is 20.3. The molecule has 30 heavy (non-hydrogen) atoms. The molecule has 0 aromatic carbocycles. The lowest BCUT2D eigenvalue weighted by atomic mass is 10.0. The maximum absolute atomic E-state index is 12.6. The summed E-state index contributed by atoms with van der Waals surface area (Å²) >= 11 is 1.34. The van der Waals surface area contributed by atoms with E-state index in [1.807, 2.05) is 6.08 Å². The molecule has 1 aliphatic carbocycles. The molecular weight excluding hydrogens is 412 g/mol. The maximum atomic E-state index is 12.6. The number of carbonyl (C=O) groups excluding carboxylic acids is 3. The number of hydrogen-bond acceptors (Lipinski definition) is 7. The van der Waals surface area contributed by atoms with Crippen molar-refractivity contribution in [2.45, 2.75) is 37.6 Å². The predicted octanol–water partition coefficient (Wildman–Crippen LogP) is 1.20. The van der Waals surface area contributed by atoms with Gasteiger partial charge in [0.15, 0.2) is 0 Å². The maximum Gasteiger partial charge on any atom is 0.352 e. The Hall–Kier alpha value is -3.01. The van der Waals surface area contributed by atoms with E-state index in [2.05, 4.69) is 5.32 Å². The van der Waals surface area contributed by atoms with E-state index in [0.29, 0.717) is 11.3 Å².